The van der Waals surface area contributed by atoms with E-state index in [0.29, 0.717) is 0 Å². The van der Waals surface area contributed by atoms with E-state index < -0.39 is 5.41 Å². The molecule has 0 aliphatic carbocycles. The summed E-state index contributed by atoms with van der Waals surface area (Å²) in [6.07, 6.45) is 4.03. The van der Waals surface area contributed by atoms with Gasteiger partial charge in [0.2, 0.25) is 0 Å². The van der Waals surface area contributed by atoms with E-state index in [-0.39, 0.29) is 11.7 Å². The molecule has 0 aliphatic heterocycles. The summed E-state index contributed by atoms with van der Waals surface area (Å²) in [5.41, 5.74) is 1.73. The fourth-order valence-electron chi connectivity index (χ4n) is 3.70. The van der Waals surface area contributed by atoms with Gasteiger partial charge in [0.05, 0.1) is 11.5 Å². The van der Waals surface area contributed by atoms with E-state index >= 15 is 0 Å². The third-order valence-electron chi connectivity index (χ3n) is 5.45. The zero-order valence-electron chi connectivity index (χ0n) is 16.8. The normalized spacial score (nSPS) is 13.5. The molecule has 2 aromatic carbocycles. The van der Waals surface area contributed by atoms with Crippen molar-refractivity contribution >= 4 is 0 Å². The van der Waals surface area contributed by atoms with Crippen molar-refractivity contribution in [3.05, 3.63) is 71.5 Å². The second-order valence-electron chi connectivity index (χ2n) is 7.78. The Morgan fingerprint density at radius 1 is 1.00 bits per heavy atom. The van der Waals surface area contributed by atoms with Crippen LogP contribution in [0, 0.1) is 23.1 Å². The predicted octanol–water partition coefficient (Wildman–Crippen LogP) is 5.94. The van der Waals surface area contributed by atoms with Crippen molar-refractivity contribution in [3.63, 3.8) is 0 Å². The summed E-state index contributed by atoms with van der Waals surface area (Å²) in [4.78, 5) is 2.34. The van der Waals surface area contributed by atoms with E-state index in [1.165, 1.54) is 17.7 Å². The average molecular weight is 367 g/mol. The Kier molecular flexibility index (Phi) is 8.00. The lowest BCUT2D eigenvalue weighted by Crippen LogP contribution is -2.30. The number of hydrogen-bond acceptors (Lipinski definition) is 2. The lowest BCUT2D eigenvalue weighted by molar-refractivity contribution is 0.307. The molecule has 0 saturated heterocycles. The Labute approximate surface area is 163 Å². The van der Waals surface area contributed by atoms with Crippen LogP contribution in [0.2, 0.25) is 0 Å². The number of unbranched alkanes of at least 4 members (excludes halogenated alkanes) is 2. The molecule has 27 heavy (non-hydrogen) atoms. The molecule has 1 atom stereocenters. The van der Waals surface area contributed by atoms with Crippen molar-refractivity contribution < 1.29 is 4.39 Å². The van der Waals surface area contributed by atoms with Crippen LogP contribution in [0.15, 0.2) is 54.6 Å². The zero-order valence-corrected chi connectivity index (χ0v) is 16.8. The molecule has 2 aromatic rings. The number of hydrogen-bond donors (Lipinski definition) is 0. The van der Waals surface area contributed by atoms with Crippen molar-refractivity contribution in [3.8, 4) is 6.07 Å². The first-order chi connectivity index (χ1) is 13.0. The zero-order chi connectivity index (χ0) is 19.7. The number of halogens is 1. The van der Waals surface area contributed by atoms with E-state index in [0.717, 1.165) is 44.3 Å². The highest BCUT2D eigenvalue weighted by Gasteiger charge is 2.35. The van der Waals surface area contributed by atoms with E-state index in [9.17, 15) is 9.65 Å². The summed E-state index contributed by atoms with van der Waals surface area (Å²) in [5, 5.41) is 9.93. The number of benzene rings is 2. The fourth-order valence-corrected chi connectivity index (χ4v) is 3.70. The molecule has 0 saturated carbocycles. The minimum Gasteiger partial charge on any atom is -0.302 e. The number of rotatable bonds is 10. The topological polar surface area (TPSA) is 27.0 Å². The van der Waals surface area contributed by atoms with Crippen LogP contribution in [-0.4, -0.2) is 18.5 Å². The van der Waals surface area contributed by atoms with Crippen molar-refractivity contribution in [2.75, 3.05) is 13.6 Å². The highest BCUT2D eigenvalue weighted by molar-refractivity contribution is 5.33. The molecular formula is C24H31FN2. The van der Waals surface area contributed by atoms with Gasteiger partial charge in [-0.15, -0.1) is 0 Å². The molecule has 3 heteroatoms. The third kappa shape index (κ3) is 5.91. The van der Waals surface area contributed by atoms with E-state index in [4.69, 9.17) is 0 Å². The van der Waals surface area contributed by atoms with Gasteiger partial charge in [-0.05, 0) is 55.6 Å². The summed E-state index contributed by atoms with van der Waals surface area (Å²) >= 11 is 0. The number of nitrogens with zero attached hydrogens (tertiary/aromatic N) is 2. The van der Waals surface area contributed by atoms with Crippen LogP contribution in [0.3, 0.4) is 0 Å². The molecule has 0 fully saturated rings. The standard InChI is InChI=1S/C24H31FN2/c1-20(2)24(19-26,22-12-14-23(25)15-13-22)16-8-5-9-17-27(3)18-21-10-6-4-7-11-21/h4,6-7,10-15,20H,5,8-9,16-18H2,1-3H3. The SMILES string of the molecule is CC(C)C(C#N)(CCCCCN(C)Cc1ccccc1)c1ccc(F)cc1. The summed E-state index contributed by atoms with van der Waals surface area (Å²) in [6, 6.07) is 19.5. The second-order valence-corrected chi connectivity index (χ2v) is 7.78. The molecule has 0 aromatic heterocycles. The molecule has 1 unspecified atom stereocenters. The van der Waals surface area contributed by atoms with Gasteiger partial charge in [0, 0.05) is 6.54 Å². The Morgan fingerprint density at radius 3 is 2.26 bits per heavy atom. The van der Waals surface area contributed by atoms with Crippen LogP contribution in [-0.2, 0) is 12.0 Å². The molecule has 144 valence electrons. The van der Waals surface area contributed by atoms with Gasteiger partial charge in [-0.2, -0.15) is 5.26 Å². The Morgan fingerprint density at radius 2 is 1.67 bits per heavy atom. The van der Waals surface area contributed by atoms with E-state index in [1.54, 1.807) is 12.1 Å². The summed E-state index contributed by atoms with van der Waals surface area (Å²) in [5.74, 6) is -0.0653. The molecule has 2 nitrogen and oxygen atoms in total. The first-order valence-electron chi connectivity index (χ1n) is 9.87. The quantitative estimate of drug-likeness (QED) is 0.487. The monoisotopic (exact) mass is 366 g/mol. The average Bonchev–Trinajstić information content (AvgIpc) is 2.66. The molecule has 0 N–H and O–H groups in total. The van der Waals surface area contributed by atoms with E-state index in [2.05, 4.69) is 56.1 Å². The van der Waals surface area contributed by atoms with Crippen LogP contribution in [0.5, 0.6) is 0 Å². The van der Waals surface area contributed by atoms with Gasteiger partial charge < -0.3 is 4.90 Å². The van der Waals surface area contributed by atoms with Gasteiger partial charge in [-0.3, -0.25) is 0 Å². The van der Waals surface area contributed by atoms with Gasteiger partial charge >= 0.3 is 0 Å². The maximum absolute atomic E-state index is 13.3. The van der Waals surface area contributed by atoms with Gasteiger partial charge in [0.15, 0.2) is 0 Å². The minimum atomic E-state index is -0.538. The predicted molar refractivity (Wildman–Crippen MR) is 110 cm³/mol. The first-order valence-corrected chi connectivity index (χ1v) is 9.87. The van der Waals surface area contributed by atoms with Gasteiger partial charge in [-0.1, -0.05) is 69.2 Å². The minimum absolute atomic E-state index is 0.189. The van der Waals surface area contributed by atoms with Crippen molar-refractivity contribution in [2.45, 2.75) is 51.5 Å². The first kappa shape index (κ1) is 21.1. The lowest BCUT2D eigenvalue weighted by atomic mass is 9.69. The smallest absolute Gasteiger partial charge is 0.123 e. The molecule has 0 spiro atoms. The molecule has 2 rings (SSSR count). The fraction of sp³-hybridized carbons (Fsp3) is 0.458. The van der Waals surface area contributed by atoms with Crippen LogP contribution in [0.25, 0.3) is 0 Å². The summed E-state index contributed by atoms with van der Waals surface area (Å²) < 4.78 is 13.3. The number of nitriles is 1. The molecule has 0 aliphatic rings. The van der Waals surface area contributed by atoms with Crippen molar-refractivity contribution in [1.29, 1.82) is 5.26 Å². The summed E-state index contributed by atoms with van der Waals surface area (Å²) in [7, 11) is 2.15. The van der Waals surface area contributed by atoms with Gasteiger partial charge in [0.1, 0.15) is 5.82 Å². The van der Waals surface area contributed by atoms with Crippen LogP contribution in [0.1, 0.15) is 50.7 Å². The van der Waals surface area contributed by atoms with Crippen LogP contribution in [0.4, 0.5) is 4.39 Å². The second kappa shape index (κ2) is 10.2. The largest absolute Gasteiger partial charge is 0.302 e. The van der Waals surface area contributed by atoms with Crippen LogP contribution >= 0.6 is 0 Å². The van der Waals surface area contributed by atoms with Gasteiger partial charge in [0.25, 0.3) is 0 Å². The maximum Gasteiger partial charge on any atom is 0.123 e. The third-order valence-corrected chi connectivity index (χ3v) is 5.45. The summed E-state index contributed by atoms with van der Waals surface area (Å²) in [6.45, 7) is 6.18. The molecule has 0 bridgehead atoms. The maximum atomic E-state index is 13.3. The molecule has 0 amide bonds. The highest BCUT2D eigenvalue weighted by Crippen LogP contribution is 2.37. The van der Waals surface area contributed by atoms with E-state index in [1.807, 2.05) is 6.07 Å². The molecule has 0 radical (unpaired) electrons. The molecular weight excluding hydrogens is 335 g/mol. The lowest BCUT2D eigenvalue weighted by Gasteiger charge is -2.31. The Bertz CT molecular complexity index is 718. The van der Waals surface area contributed by atoms with Crippen LogP contribution < -0.4 is 0 Å². The molecule has 0 heterocycles. The van der Waals surface area contributed by atoms with Gasteiger partial charge in [-0.25, -0.2) is 4.39 Å². The van der Waals surface area contributed by atoms with Crippen molar-refractivity contribution in [2.24, 2.45) is 5.92 Å². The van der Waals surface area contributed by atoms with Crippen molar-refractivity contribution in [1.82, 2.24) is 4.90 Å². The highest BCUT2D eigenvalue weighted by atomic mass is 19.1. The Balaban J connectivity index is 1.84. The Hall–Kier alpha value is -2.18.